The van der Waals surface area contributed by atoms with Crippen LogP contribution in [0.5, 0.6) is 0 Å². The number of aliphatic imine (C=N–C) groups is 1. The standard InChI is InChI=1S/C20H23FN4O/c1-22-20(25(2)13-14-7-9-15(21)10-8-14)23-12-11-17-16-5-3-4-6-18(16)24-19(17)26/h3-10,17H,11-13H2,1-2H3,(H,22,23)(H,24,26). The molecule has 0 radical (unpaired) electrons. The van der Waals surface area contributed by atoms with Gasteiger partial charge in [-0.05, 0) is 35.7 Å². The molecule has 6 heteroatoms. The van der Waals surface area contributed by atoms with E-state index in [1.54, 1.807) is 19.2 Å². The summed E-state index contributed by atoms with van der Waals surface area (Å²) in [6.07, 6.45) is 0.687. The molecule has 3 rings (SSSR count). The van der Waals surface area contributed by atoms with Gasteiger partial charge in [0.1, 0.15) is 5.82 Å². The number of carbonyl (C=O) groups is 1. The predicted octanol–water partition coefficient (Wildman–Crippen LogP) is 2.96. The maximum Gasteiger partial charge on any atom is 0.232 e. The molecule has 2 aromatic carbocycles. The molecule has 2 aromatic rings. The van der Waals surface area contributed by atoms with Crippen molar-refractivity contribution in [1.29, 1.82) is 0 Å². The Bertz CT molecular complexity index is 804. The summed E-state index contributed by atoms with van der Waals surface area (Å²) in [5, 5.41) is 6.22. The number of nitrogens with zero attached hydrogens (tertiary/aromatic N) is 2. The van der Waals surface area contributed by atoms with Crippen molar-refractivity contribution < 1.29 is 9.18 Å². The quantitative estimate of drug-likeness (QED) is 0.641. The summed E-state index contributed by atoms with van der Waals surface area (Å²) in [6.45, 7) is 1.25. The van der Waals surface area contributed by atoms with E-state index in [0.29, 0.717) is 19.5 Å². The second kappa shape index (κ2) is 7.99. The Balaban J connectivity index is 1.54. The van der Waals surface area contributed by atoms with E-state index < -0.39 is 0 Å². The van der Waals surface area contributed by atoms with Crippen molar-refractivity contribution in [1.82, 2.24) is 10.2 Å². The molecule has 0 saturated heterocycles. The first-order valence-electron chi connectivity index (χ1n) is 8.64. The zero-order chi connectivity index (χ0) is 18.5. The molecule has 1 aliphatic heterocycles. The van der Waals surface area contributed by atoms with Crippen LogP contribution in [0.2, 0.25) is 0 Å². The summed E-state index contributed by atoms with van der Waals surface area (Å²) in [4.78, 5) is 18.4. The van der Waals surface area contributed by atoms with Crippen LogP contribution in [0.15, 0.2) is 53.5 Å². The second-order valence-electron chi connectivity index (χ2n) is 6.37. The zero-order valence-electron chi connectivity index (χ0n) is 15.0. The maximum atomic E-state index is 13.0. The Morgan fingerprint density at radius 1 is 1.23 bits per heavy atom. The van der Waals surface area contributed by atoms with E-state index in [-0.39, 0.29) is 17.6 Å². The van der Waals surface area contributed by atoms with Crippen molar-refractivity contribution in [2.24, 2.45) is 4.99 Å². The summed E-state index contributed by atoms with van der Waals surface area (Å²) >= 11 is 0. The number of guanidine groups is 1. The fraction of sp³-hybridized carbons (Fsp3) is 0.300. The SMILES string of the molecule is CN=C(NCCC1C(=O)Nc2ccccc21)N(C)Cc1ccc(F)cc1. The minimum absolute atomic E-state index is 0.0441. The molecule has 1 aliphatic rings. The molecule has 136 valence electrons. The smallest absolute Gasteiger partial charge is 0.232 e. The Labute approximate surface area is 152 Å². The number of rotatable bonds is 5. The Morgan fingerprint density at radius 2 is 1.96 bits per heavy atom. The molecule has 0 aromatic heterocycles. The lowest BCUT2D eigenvalue weighted by molar-refractivity contribution is -0.117. The van der Waals surface area contributed by atoms with Crippen LogP contribution in [-0.2, 0) is 11.3 Å². The Kier molecular flexibility index (Phi) is 5.51. The van der Waals surface area contributed by atoms with Crippen LogP contribution in [0.3, 0.4) is 0 Å². The Hall–Kier alpha value is -2.89. The summed E-state index contributed by atoms with van der Waals surface area (Å²) < 4.78 is 13.0. The minimum Gasteiger partial charge on any atom is -0.356 e. The third kappa shape index (κ3) is 4.02. The third-order valence-corrected chi connectivity index (χ3v) is 4.53. The van der Waals surface area contributed by atoms with Crippen LogP contribution in [0.25, 0.3) is 0 Å². The summed E-state index contributed by atoms with van der Waals surface area (Å²) in [5.41, 5.74) is 2.95. The van der Waals surface area contributed by atoms with E-state index in [4.69, 9.17) is 0 Å². The van der Waals surface area contributed by atoms with Crippen LogP contribution < -0.4 is 10.6 Å². The van der Waals surface area contributed by atoms with E-state index in [1.807, 2.05) is 36.2 Å². The molecular formula is C20H23FN4O. The normalized spacial score (nSPS) is 16.2. The number of nitrogens with one attached hydrogen (secondary N) is 2. The van der Waals surface area contributed by atoms with Crippen LogP contribution in [0.4, 0.5) is 10.1 Å². The number of hydrogen-bond acceptors (Lipinski definition) is 2. The van der Waals surface area contributed by atoms with Crippen LogP contribution in [0, 0.1) is 5.82 Å². The average molecular weight is 354 g/mol. The Morgan fingerprint density at radius 3 is 2.69 bits per heavy atom. The zero-order valence-corrected chi connectivity index (χ0v) is 15.0. The summed E-state index contributed by atoms with van der Waals surface area (Å²) in [7, 11) is 3.65. The summed E-state index contributed by atoms with van der Waals surface area (Å²) in [6, 6.07) is 14.2. The summed E-state index contributed by atoms with van der Waals surface area (Å²) in [5.74, 6) is 0.400. The highest BCUT2D eigenvalue weighted by Gasteiger charge is 2.29. The number of benzene rings is 2. The van der Waals surface area contributed by atoms with Crippen molar-refractivity contribution in [3.8, 4) is 0 Å². The molecule has 1 heterocycles. The molecule has 0 spiro atoms. The van der Waals surface area contributed by atoms with Gasteiger partial charge < -0.3 is 15.5 Å². The number of halogens is 1. The van der Waals surface area contributed by atoms with Crippen molar-refractivity contribution in [2.75, 3.05) is 26.0 Å². The van der Waals surface area contributed by atoms with Gasteiger partial charge in [-0.2, -0.15) is 0 Å². The van der Waals surface area contributed by atoms with Gasteiger partial charge in [-0.1, -0.05) is 30.3 Å². The molecule has 5 nitrogen and oxygen atoms in total. The minimum atomic E-state index is -0.242. The maximum absolute atomic E-state index is 13.0. The van der Waals surface area contributed by atoms with Gasteiger partial charge in [0.05, 0.1) is 5.92 Å². The molecule has 1 atom stereocenters. The first-order valence-corrected chi connectivity index (χ1v) is 8.64. The van der Waals surface area contributed by atoms with E-state index >= 15 is 0 Å². The monoisotopic (exact) mass is 354 g/mol. The molecule has 2 N–H and O–H groups in total. The predicted molar refractivity (Wildman–Crippen MR) is 102 cm³/mol. The van der Waals surface area contributed by atoms with Gasteiger partial charge in [-0.25, -0.2) is 4.39 Å². The fourth-order valence-corrected chi connectivity index (χ4v) is 3.21. The highest BCUT2D eigenvalue weighted by atomic mass is 19.1. The molecule has 0 bridgehead atoms. The van der Waals surface area contributed by atoms with Gasteiger partial charge in [0.2, 0.25) is 5.91 Å². The van der Waals surface area contributed by atoms with Crippen molar-refractivity contribution in [3.05, 3.63) is 65.5 Å². The highest BCUT2D eigenvalue weighted by Crippen LogP contribution is 2.33. The fourth-order valence-electron chi connectivity index (χ4n) is 3.21. The van der Waals surface area contributed by atoms with Gasteiger partial charge in [0, 0.05) is 32.9 Å². The lowest BCUT2D eigenvalue weighted by atomic mass is 9.97. The third-order valence-electron chi connectivity index (χ3n) is 4.53. The molecule has 0 saturated carbocycles. The molecule has 26 heavy (non-hydrogen) atoms. The number of fused-ring (bicyclic) bond motifs is 1. The van der Waals surface area contributed by atoms with E-state index in [1.165, 1.54) is 12.1 Å². The molecule has 1 amide bonds. The van der Waals surface area contributed by atoms with Crippen molar-refractivity contribution in [2.45, 2.75) is 18.9 Å². The van der Waals surface area contributed by atoms with Crippen molar-refractivity contribution in [3.63, 3.8) is 0 Å². The second-order valence-corrected chi connectivity index (χ2v) is 6.37. The number of amides is 1. The molecule has 0 fully saturated rings. The van der Waals surface area contributed by atoms with Gasteiger partial charge in [0.15, 0.2) is 5.96 Å². The van der Waals surface area contributed by atoms with Crippen molar-refractivity contribution >= 4 is 17.6 Å². The average Bonchev–Trinajstić information content (AvgIpc) is 2.96. The topological polar surface area (TPSA) is 56.7 Å². The van der Waals surface area contributed by atoms with E-state index in [9.17, 15) is 9.18 Å². The van der Waals surface area contributed by atoms with Gasteiger partial charge in [-0.15, -0.1) is 0 Å². The number of hydrogen-bond donors (Lipinski definition) is 2. The van der Waals surface area contributed by atoms with Gasteiger partial charge >= 0.3 is 0 Å². The van der Waals surface area contributed by atoms with Crippen LogP contribution in [0.1, 0.15) is 23.5 Å². The van der Waals surface area contributed by atoms with Crippen LogP contribution >= 0.6 is 0 Å². The lowest BCUT2D eigenvalue weighted by Crippen LogP contribution is -2.39. The number of para-hydroxylation sites is 1. The lowest BCUT2D eigenvalue weighted by Gasteiger charge is -2.22. The van der Waals surface area contributed by atoms with Crippen LogP contribution in [-0.4, -0.2) is 37.4 Å². The van der Waals surface area contributed by atoms with Gasteiger partial charge in [0.25, 0.3) is 0 Å². The van der Waals surface area contributed by atoms with E-state index in [2.05, 4.69) is 15.6 Å². The largest absolute Gasteiger partial charge is 0.356 e. The van der Waals surface area contributed by atoms with E-state index in [0.717, 1.165) is 22.8 Å². The molecule has 0 aliphatic carbocycles. The number of anilines is 1. The highest BCUT2D eigenvalue weighted by molar-refractivity contribution is 6.02. The molecular weight excluding hydrogens is 331 g/mol. The first-order chi connectivity index (χ1) is 12.6. The number of carbonyl (C=O) groups excluding carboxylic acids is 1. The van der Waals surface area contributed by atoms with Gasteiger partial charge in [-0.3, -0.25) is 9.79 Å². The molecule has 1 unspecified atom stereocenters. The first kappa shape index (κ1) is 17.9.